The van der Waals surface area contributed by atoms with Crippen LogP contribution < -0.4 is 5.32 Å². The summed E-state index contributed by atoms with van der Waals surface area (Å²) in [5.74, 6) is 1.80. The molecule has 2 saturated heterocycles. The van der Waals surface area contributed by atoms with Gasteiger partial charge in [-0.25, -0.2) is 9.97 Å². The first kappa shape index (κ1) is 17.0. The molecule has 0 saturated carbocycles. The van der Waals surface area contributed by atoms with Gasteiger partial charge in [0.15, 0.2) is 0 Å². The second kappa shape index (κ2) is 6.72. The van der Waals surface area contributed by atoms with Crippen molar-refractivity contribution in [1.29, 1.82) is 0 Å². The molecule has 1 N–H and O–H groups in total. The van der Waals surface area contributed by atoms with E-state index < -0.39 is 0 Å². The van der Waals surface area contributed by atoms with Gasteiger partial charge in [-0.15, -0.1) is 0 Å². The Morgan fingerprint density at radius 3 is 2.81 bits per heavy atom. The van der Waals surface area contributed by atoms with Crippen LogP contribution in [0.5, 0.6) is 0 Å². The van der Waals surface area contributed by atoms with Crippen LogP contribution in [0.3, 0.4) is 0 Å². The highest BCUT2D eigenvalue weighted by atomic mass is 16.5. The van der Waals surface area contributed by atoms with E-state index in [4.69, 9.17) is 9.15 Å². The van der Waals surface area contributed by atoms with Crippen LogP contribution in [0.25, 0.3) is 0 Å². The minimum atomic E-state index is -0.191. The smallest absolute Gasteiger partial charge is 0.257 e. The van der Waals surface area contributed by atoms with Crippen molar-refractivity contribution in [2.24, 2.45) is 5.92 Å². The third-order valence-electron chi connectivity index (χ3n) is 5.45. The molecule has 0 radical (unpaired) electrons. The van der Waals surface area contributed by atoms with Crippen molar-refractivity contribution in [2.45, 2.75) is 32.3 Å². The summed E-state index contributed by atoms with van der Waals surface area (Å²) in [5.41, 5.74) is 1.50. The number of furan rings is 1. The number of rotatable bonds is 5. The van der Waals surface area contributed by atoms with Gasteiger partial charge in [0.05, 0.1) is 24.9 Å². The fraction of sp³-hybridized carbons (Fsp3) is 0.526. The predicted octanol–water partition coefficient (Wildman–Crippen LogP) is 2.42. The molecule has 1 spiro atoms. The van der Waals surface area contributed by atoms with E-state index in [1.54, 1.807) is 12.3 Å². The van der Waals surface area contributed by atoms with E-state index in [0.717, 1.165) is 31.6 Å². The molecule has 1 unspecified atom stereocenters. The van der Waals surface area contributed by atoms with Crippen molar-refractivity contribution in [1.82, 2.24) is 14.9 Å². The molecule has 4 heterocycles. The van der Waals surface area contributed by atoms with Crippen LogP contribution in [0.4, 0.5) is 5.95 Å². The van der Waals surface area contributed by atoms with Crippen molar-refractivity contribution in [3.63, 3.8) is 0 Å². The molecule has 138 valence electrons. The minimum absolute atomic E-state index is 0.0299. The summed E-state index contributed by atoms with van der Waals surface area (Å²) < 4.78 is 11.3. The fourth-order valence-corrected chi connectivity index (χ4v) is 3.90. The summed E-state index contributed by atoms with van der Waals surface area (Å²) in [4.78, 5) is 23.0. The van der Waals surface area contributed by atoms with Gasteiger partial charge >= 0.3 is 0 Å². The lowest BCUT2D eigenvalue weighted by Crippen LogP contribution is -2.66. The molecule has 0 bridgehead atoms. The van der Waals surface area contributed by atoms with E-state index in [0.29, 0.717) is 36.3 Å². The topological polar surface area (TPSA) is 80.5 Å². The number of hydrogen-bond donors (Lipinski definition) is 1. The Labute approximate surface area is 152 Å². The Hall–Kier alpha value is -2.41. The third-order valence-corrected chi connectivity index (χ3v) is 5.45. The van der Waals surface area contributed by atoms with Gasteiger partial charge < -0.3 is 19.4 Å². The number of likely N-dealkylation sites (tertiary alicyclic amines) is 1. The van der Waals surface area contributed by atoms with E-state index in [-0.39, 0.29) is 11.5 Å². The summed E-state index contributed by atoms with van der Waals surface area (Å²) in [6.07, 6.45) is 7.19. The second-order valence-electron chi connectivity index (χ2n) is 7.25. The maximum Gasteiger partial charge on any atom is 0.257 e. The van der Waals surface area contributed by atoms with Gasteiger partial charge in [0.1, 0.15) is 11.4 Å². The zero-order chi connectivity index (χ0) is 18.1. The van der Waals surface area contributed by atoms with Gasteiger partial charge in [-0.1, -0.05) is 0 Å². The first-order valence-electron chi connectivity index (χ1n) is 9.07. The number of hydrogen-bond acceptors (Lipinski definition) is 6. The monoisotopic (exact) mass is 356 g/mol. The molecule has 2 aliphatic heterocycles. The highest BCUT2D eigenvalue weighted by Crippen LogP contribution is 2.42. The van der Waals surface area contributed by atoms with Crippen molar-refractivity contribution < 1.29 is 13.9 Å². The van der Waals surface area contributed by atoms with E-state index in [1.165, 1.54) is 0 Å². The van der Waals surface area contributed by atoms with Crippen molar-refractivity contribution in [3.05, 3.63) is 41.6 Å². The molecule has 1 atom stereocenters. The predicted molar refractivity (Wildman–Crippen MR) is 96.0 cm³/mol. The number of amides is 1. The van der Waals surface area contributed by atoms with E-state index in [1.807, 2.05) is 31.1 Å². The summed E-state index contributed by atoms with van der Waals surface area (Å²) in [6.45, 7) is 6.66. The van der Waals surface area contributed by atoms with E-state index in [9.17, 15) is 4.79 Å². The zero-order valence-electron chi connectivity index (χ0n) is 15.2. The number of aryl methyl sites for hydroxylation is 2. The third kappa shape index (κ3) is 3.07. The van der Waals surface area contributed by atoms with E-state index in [2.05, 4.69) is 15.3 Å². The highest BCUT2D eigenvalue weighted by Gasteiger charge is 2.54. The van der Waals surface area contributed by atoms with Gasteiger partial charge in [-0.2, -0.15) is 0 Å². The fourth-order valence-electron chi connectivity index (χ4n) is 3.90. The Kier molecular flexibility index (Phi) is 4.40. The SMILES string of the molecule is Cc1cnc(NCCC2CCOC23CN(C(=O)c2ccoc2C)C3)nc1. The average molecular weight is 356 g/mol. The lowest BCUT2D eigenvalue weighted by molar-refractivity contribution is -0.117. The number of carbonyl (C=O) groups excluding carboxylic acids is 1. The summed E-state index contributed by atoms with van der Waals surface area (Å²) in [5, 5.41) is 3.28. The first-order chi connectivity index (χ1) is 12.6. The highest BCUT2D eigenvalue weighted by molar-refractivity contribution is 5.95. The van der Waals surface area contributed by atoms with Gasteiger partial charge in [-0.05, 0) is 44.2 Å². The Balaban J connectivity index is 1.31. The number of nitrogens with zero attached hydrogens (tertiary/aromatic N) is 3. The molecule has 7 nitrogen and oxygen atoms in total. The summed E-state index contributed by atoms with van der Waals surface area (Å²) in [6, 6.07) is 1.74. The van der Waals surface area contributed by atoms with E-state index >= 15 is 0 Å². The lowest BCUT2D eigenvalue weighted by atomic mass is 9.78. The number of nitrogens with one attached hydrogen (secondary N) is 1. The number of carbonyl (C=O) groups is 1. The van der Waals surface area contributed by atoms with Gasteiger partial charge in [0.25, 0.3) is 5.91 Å². The molecule has 2 fully saturated rings. The van der Waals surface area contributed by atoms with Crippen LogP contribution in [-0.4, -0.2) is 52.6 Å². The van der Waals surface area contributed by atoms with Gasteiger partial charge in [0.2, 0.25) is 5.95 Å². The standard InChI is InChI=1S/C19H24N4O3/c1-13-9-21-18(22-10-13)20-6-3-15-4-8-26-19(15)11-23(12-19)17(24)16-5-7-25-14(16)2/h5,7,9-10,15H,3-4,6,8,11-12H2,1-2H3,(H,20,21,22). The van der Waals surface area contributed by atoms with Crippen molar-refractivity contribution in [3.8, 4) is 0 Å². The van der Waals surface area contributed by atoms with Crippen molar-refractivity contribution in [2.75, 3.05) is 31.6 Å². The lowest BCUT2D eigenvalue weighted by Gasteiger charge is -2.50. The molecular weight excluding hydrogens is 332 g/mol. The van der Waals surface area contributed by atoms with Crippen LogP contribution in [0.15, 0.2) is 29.1 Å². The number of ether oxygens (including phenoxy) is 1. The van der Waals surface area contributed by atoms with Gasteiger partial charge in [0, 0.05) is 25.5 Å². The molecule has 0 aliphatic carbocycles. The Morgan fingerprint density at radius 1 is 1.35 bits per heavy atom. The van der Waals surface area contributed by atoms with Crippen LogP contribution in [0, 0.1) is 19.8 Å². The number of anilines is 1. The minimum Gasteiger partial charge on any atom is -0.469 e. The maximum absolute atomic E-state index is 12.6. The zero-order valence-corrected chi connectivity index (χ0v) is 15.2. The normalized spacial score (nSPS) is 21.0. The van der Waals surface area contributed by atoms with Gasteiger partial charge in [-0.3, -0.25) is 4.79 Å². The molecular formula is C19H24N4O3. The second-order valence-corrected chi connectivity index (χ2v) is 7.25. The summed E-state index contributed by atoms with van der Waals surface area (Å²) >= 11 is 0. The molecule has 2 aromatic rings. The van der Waals surface area contributed by atoms with Crippen LogP contribution in [0.2, 0.25) is 0 Å². The van der Waals surface area contributed by atoms with Crippen LogP contribution in [-0.2, 0) is 4.74 Å². The summed E-state index contributed by atoms with van der Waals surface area (Å²) in [7, 11) is 0. The molecule has 4 rings (SSSR count). The molecule has 26 heavy (non-hydrogen) atoms. The molecule has 0 aromatic carbocycles. The average Bonchev–Trinajstić information content (AvgIpc) is 3.21. The molecule has 1 amide bonds. The Morgan fingerprint density at radius 2 is 2.12 bits per heavy atom. The Bertz CT molecular complexity index is 780. The van der Waals surface area contributed by atoms with Crippen molar-refractivity contribution >= 4 is 11.9 Å². The molecule has 2 aromatic heterocycles. The van der Waals surface area contributed by atoms with Crippen LogP contribution >= 0.6 is 0 Å². The van der Waals surface area contributed by atoms with Crippen LogP contribution in [0.1, 0.15) is 34.5 Å². The molecule has 2 aliphatic rings. The maximum atomic E-state index is 12.6. The molecule has 7 heteroatoms. The first-order valence-corrected chi connectivity index (χ1v) is 9.07. The quantitative estimate of drug-likeness (QED) is 0.886. The largest absolute Gasteiger partial charge is 0.469 e. The number of aromatic nitrogens is 2.